The van der Waals surface area contributed by atoms with Crippen LogP contribution in [0.3, 0.4) is 0 Å². The Morgan fingerprint density at radius 1 is 1.11 bits per heavy atom. The fraction of sp³-hybridized carbons (Fsp3) is 0.231. The standard InChI is InChI=1S/C26H25FN6O2/c1-16(34)15-33(21-10-11-28-14-21)26-31-22-9-7-20(12-24(22)32-26)30-25(35)23-8-4-18(13-29-23)17-2-5-19(27)6-3-17/h2-9,12-13,21,28H,10-11,14-15H2,1H3,(H,30,35)(H,31,32). The molecule has 1 atom stereocenters. The molecule has 3 N–H and O–H groups in total. The molecule has 0 saturated carbocycles. The zero-order chi connectivity index (χ0) is 24.4. The molecule has 0 radical (unpaired) electrons. The summed E-state index contributed by atoms with van der Waals surface area (Å²) in [5.41, 5.74) is 3.99. The zero-order valence-electron chi connectivity index (χ0n) is 19.2. The number of ketones is 1. The average Bonchev–Trinajstić information content (AvgIpc) is 3.53. The van der Waals surface area contributed by atoms with E-state index in [1.165, 1.54) is 12.1 Å². The molecular formula is C26H25FN6O2. The molecule has 0 spiro atoms. The van der Waals surface area contributed by atoms with Crippen LogP contribution in [-0.2, 0) is 4.79 Å². The van der Waals surface area contributed by atoms with Crippen LogP contribution in [0.5, 0.6) is 0 Å². The minimum absolute atomic E-state index is 0.0725. The van der Waals surface area contributed by atoms with Crippen LogP contribution in [0.15, 0.2) is 60.8 Å². The van der Waals surface area contributed by atoms with Gasteiger partial charge in [0.25, 0.3) is 5.91 Å². The maximum absolute atomic E-state index is 13.1. The largest absolute Gasteiger partial charge is 0.331 e. The Morgan fingerprint density at radius 2 is 1.91 bits per heavy atom. The van der Waals surface area contributed by atoms with Gasteiger partial charge in [0.1, 0.15) is 17.3 Å². The number of nitrogens with zero attached hydrogens (tertiary/aromatic N) is 3. The van der Waals surface area contributed by atoms with Gasteiger partial charge in [0.2, 0.25) is 5.95 Å². The Hall–Kier alpha value is -4.11. The van der Waals surface area contributed by atoms with Gasteiger partial charge in [0.05, 0.1) is 17.6 Å². The van der Waals surface area contributed by atoms with Crippen LogP contribution in [0.2, 0.25) is 0 Å². The molecule has 1 aliphatic rings. The number of amides is 1. The molecule has 1 amide bonds. The second kappa shape index (κ2) is 9.63. The number of carbonyl (C=O) groups excluding carboxylic acids is 2. The van der Waals surface area contributed by atoms with Gasteiger partial charge in [-0.05, 0) is 61.9 Å². The molecule has 2 aromatic heterocycles. The summed E-state index contributed by atoms with van der Waals surface area (Å²) < 4.78 is 13.1. The van der Waals surface area contributed by atoms with E-state index in [2.05, 4.69) is 25.6 Å². The van der Waals surface area contributed by atoms with Crippen molar-refractivity contribution >= 4 is 34.4 Å². The van der Waals surface area contributed by atoms with E-state index in [1.807, 2.05) is 17.0 Å². The first-order valence-corrected chi connectivity index (χ1v) is 11.5. The Balaban J connectivity index is 1.32. The number of fused-ring (bicyclic) bond motifs is 1. The normalized spacial score (nSPS) is 15.3. The minimum Gasteiger partial charge on any atom is -0.331 e. The molecule has 1 aliphatic heterocycles. The number of H-pyrrole nitrogens is 1. The summed E-state index contributed by atoms with van der Waals surface area (Å²) in [5, 5.41) is 6.19. The van der Waals surface area contributed by atoms with E-state index in [9.17, 15) is 14.0 Å². The summed E-state index contributed by atoms with van der Waals surface area (Å²) >= 11 is 0. The molecule has 9 heteroatoms. The van der Waals surface area contributed by atoms with Crippen molar-refractivity contribution in [2.75, 3.05) is 29.9 Å². The molecule has 1 saturated heterocycles. The summed E-state index contributed by atoms with van der Waals surface area (Å²) in [6, 6.07) is 15.1. The van der Waals surface area contributed by atoms with E-state index in [0.717, 1.165) is 41.7 Å². The maximum atomic E-state index is 13.1. The van der Waals surface area contributed by atoms with Crippen LogP contribution in [0.4, 0.5) is 16.0 Å². The van der Waals surface area contributed by atoms with Crippen molar-refractivity contribution in [2.45, 2.75) is 19.4 Å². The highest BCUT2D eigenvalue weighted by Gasteiger charge is 2.26. The van der Waals surface area contributed by atoms with E-state index >= 15 is 0 Å². The Bertz CT molecular complexity index is 1360. The van der Waals surface area contributed by atoms with Crippen LogP contribution >= 0.6 is 0 Å². The number of pyridine rings is 1. The highest BCUT2D eigenvalue weighted by Crippen LogP contribution is 2.24. The third-order valence-corrected chi connectivity index (χ3v) is 6.04. The van der Waals surface area contributed by atoms with Gasteiger partial charge in [-0.1, -0.05) is 18.2 Å². The first-order valence-electron chi connectivity index (χ1n) is 11.5. The first-order chi connectivity index (χ1) is 17.0. The number of hydrogen-bond donors (Lipinski definition) is 3. The predicted octanol–water partition coefficient (Wildman–Crippen LogP) is 3.77. The van der Waals surface area contributed by atoms with E-state index in [-0.39, 0.29) is 35.8 Å². The number of carbonyl (C=O) groups is 2. The lowest BCUT2D eigenvalue weighted by atomic mass is 10.1. The van der Waals surface area contributed by atoms with Crippen molar-refractivity contribution in [3.8, 4) is 11.1 Å². The van der Waals surface area contributed by atoms with Gasteiger partial charge < -0.3 is 20.5 Å². The van der Waals surface area contributed by atoms with Gasteiger partial charge in [-0.15, -0.1) is 0 Å². The van der Waals surface area contributed by atoms with Crippen LogP contribution in [0.1, 0.15) is 23.8 Å². The highest BCUT2D eigenvalue weighted by molar-refractivity contribution is 6.03. The number of anilines is 2. The topological polar surface area (TPSA) is 103 Å². The summed E-state index contributed by atoms with van der Waals surface area (Å²) in [4.78, 5) is 38.9. The minimum atomic E-state index is -0.343. The zero-order valence-corrected chi connectivity index (χ0v) is 19.2. The molecule has 178 valence electrons. The number of hydrogen-bond acceptors (Lipinski definition) is 6. The van der Waals surface area contributed by atoms with Crippen LogP contribution in [0.25, 0.3) is 22.2 Å². The lowest BCUT2D eigenvalue weighted by molar-refractivity contribution is -0.115. The second-order valence-electron chi connectivity index (χ2n) is 8.66. The number of halogens is 1. The first kappa shape index (κ1) is 22.7. The van der Waals surface area contributed by atoms with Gasteiger partial charge in [0, 0.05) is 30.0 Å². The molecule has 4 aromatic rings. The average molecular weight is 473 g/mol. The van der Waals surface area contributed by atoms with E-state index in [1.54, 1.807) is 43.5 Å². The van der Waals surface area contributed by atoms with Crippen molar-refractivity contribution in [1.82, 2.24) is 20.3 Å². The Labute approximate surface area is 201 Å². The van der Waals surface area contributed by atoms with Crippen molar-refractivity contribution in [3.63, 3.8) is 0 Å². The fourth-order valence-electron chi connectivity index (χ4n) is 4.27. The SMILES string of the molecule is CC(=O)CN(c1nc2ccc(NC(=O)c3ccc(-c4ccc(F)cc4)cn3)cc2[nH]1)C1CCNC1. The van der Waals surface area contributed by atoms with Crippen LogP contribution < -0.4 is 15.5 Å². The monoisotopic (exact) mass is 472 g/mol. The van der Waals surface area contributed by atoms with Gasteiger partial charge in [-0.3, -0.25) is 14.6 Å². The van der Waals surface area contributed by atoms with Gasteiger partial charge in [-0.2, -0.15) is 0 Å². The number of aromatic amines is 1. The predicted molar refractivity (Wildman–Crippen MR) is 133 cm³/mol. The van der Waals surface area contributed by atoms with E-state index in [4.69, 9.17) is 0 Å². The molecular weight excluding hydrogens is 447 g/mol. The number of Topliss-reactive ketones (excluding diaryl/α,β-unsaturated/α-hetero) is 1. The smallest absolute Gasteiger partial charge is 0.274 e. The number of imidazole rings is 1. The molecule has 35 heavy (non-hydrogen) atoms. The molecule has 1 unspecified atom stereocenters. The number of nitrogens with one attached hydrogen (secondary N) is 3. The third kappa shape index (κ3) is 5.04. The highest BCUT2D eigenvalue weighted by atomic mass is 19.1. The molecule has 1 fully saturated rings. The quantitative estimate of drug-likeness (QED) is 0.378. The maximum Gasteiger partial charge on any atom is 0.274 e. The Morgan fingerprint density at radius 3 is 2.60 bits per heavy atom. The van der Waals surface area contributed by atoms with E-state index in [0.29, 0.717) is 11.6 Å². The van der Waals surface area contributed by atoms with Crippen LogP contribution in [-0.4, -0.2) is 52.3 Å². The van der Waals surface area contributed by atoms with Gasteiger partial charge in [-0.25, -0.2) is 9.37 Å². The van der Waals surface area contributed by atoms with Crippen LogP contribution in [0, 0.1) is 5.82 Å². The van der Waals surface area contributed by atoms with Gasteiger partial charge in [0.15, 0.2) is 0 Å². The molecule has 3 heterocycles. The van der Waals surface area contributed by atoms with Gasteiger partial charge >= 0.3 is 0 Å². The van der Waals surface area contributed by atoms with E-state index < -0.39 is 0 Å². The number of aromatic nitrogens is 3. The lowest BCUT2D eigenvalue weighted by Gasteiger charge is -2.26. The summed E-state index contributed by atoms with van der Waals surface area (Å²) in [5.74, 6) is 0.0693. The Kier molecular flexibility index (Phi) is 6.24. The summed E-state index contributed by atoms with van der Waals surface area (Å²) in [6.45, 7) is 3.58. The summed E-state index contributed by atoms with van der Waals surface area (Å²) in [6.07, 6.45) is 2.53. The van der Waals surface area contributed by atoms with Crippen molar-refractivity contribution in [1.29, 1.82) is 0 Å². The number of rotatable bonds is 7. The summed E-state index contributed by atoms with van der Waals surface area (Å²) in [7, 11) is 0. The van der Waals surface area contributed by atoms with Crippen molar-refractivity contribution < 1.29 is 14.0 Å². The van der Waals surface area contributed by atoms with Crippen molar-refractivity contribution in [3.05, 3.63) is 72.3 Å². The second-order valence-corrected chi connectivity index (χ2v) is 8.66. The molecule has 0 aliphatic carbocycles. The fourth-order valence-corrected chi connectivity index (χ4v) is 4.27. The van der Waals surface area contributed by atoms with Crippen molar-refractivity contribution in [2.24, 2.45) is 0 Å². The molecule has 2 aromatic carbocycles. The molecule has 8 nitrogen and oxygen atoms in total. The lowest BCUT2D eigenvalue weighted by Crippen LogP contribution is -2.40. The molecule has 5 rings (SSSR count). The number of benzene rings is 2. The third-order valence-electron chi connectivity index (χ3n) is 6.04. The molecule has 0 bridgehead atoms.